The van der Waals surface area contributed by atoms with Gasteiger partial charge in [0.1, 0.15) is 52.2 Å². The normalized spacial score (nSPS) is 11.5. The second-order valence-electron chi connectivity index (χ2n) is 8.76. The summed E-state index contributed by atoms with van der Waals surface area (Å²) in [6.45, 7) is 1.04. The Balaban J connectivity index is 0.000000171. The van der Waals surface area contributed by atoms with Crippen molar-refractivity contribution < 1.29 is 13.9 Å². The Morgan fingerprint density at radius 3 is 2.14 bits per heavy atom. The molecule has 4 heterocycles. The van der Waals surface area contributed by atoms with Gasteiger partial charge in [0, 0.05) is 11.3 Å². The molecule has 6 rings (SSSR count). The average Bonchev–Trinajstić information content (AvgIpc) is 3.59. The molecule has 11 nitrogen and oxygen atoms in total. The first kappa shape index (κ1) is 29.3. The molecule has 0 unspecified atom stereocenters. The lowest BCUT2D eigenvalue weighted by molar-refractivity contribution is 0.171. The number of aromatic nitrogens is 4. The van der Waals surface area contributed by atoms with Crippen LogP contribution in [0.3, 0.4) is 0 Å². The number of hydrogen-bond donors (Lipinski definition) is 2. The quantitative estimate of drug-likeness (QED) is 0.180. The predicted octanol–water partition coefficient (Wildman–Crippen LogP) is 5.57. The largest absolute Gasteiger partial charge is 0.486 e. The van der Waals surface area contributed by atoms with E-state index >= 15 is 0 Å². The highest BCUT2D eigenvalue weighted by molar-refractivity contribution is 7.98. The first-order valence-electron chi connectivity index (χ1n) is 12.8. The van der Waals surface area contributed by atoms with E-state index in [4.69, 9.17) is 25.4 Å². The Kier molecular flexibility index (Phi) is 9.26. The standard InChI is InChI=1S/C16H12N4OS.C14H12N4O2S/c17-9-12-14(13-7-4-8-21-13)19-16(18)20-15(12)22-10-11-5-2-1-3-6-11;1-21-13-9(7-15)12(17-14(16)18-13)8-2-3-10-11(6-8)20-5-4-19-10/h1-8H,10H2,(H2,18,19,20);2-3,6H,4-5H2,1H3,(H2,16,17,18). The van der Waals surface area contributed by atoms with Crippen molar-refractivity contribution >= 4 is 35.4 Å². The fourth-order valence-electron chi connectivity index (χ4n) is 4.08. The van der Waals surface area contributed by atoms with Crippen molar-refractivity contribution in [2.45, 2.75) is 15.8 Å². The number of nitrogens with two attached hydrogens (primary N) is 2. The molecule has 5 aromatic rings. The molecule has 3 aromatic heterocycles. The van der Waals surface area contributed by atoms with Gasteiger partial charge in [-0.15, -0.1) is 23.5 Å². The van der Waals surface area contributed by atoms with Gasteiger partial charge < -0.3 is 25.4 Å². The summed E-state index contributed by atoms with van der Waals surface area (Å²) in [5, 5.41) is 20.0. The third-order valence-electron chi connectivity index (χ3n) is 5.99. The van der Waals surface area contributed by atoms with E-state index in [1.807, 2.05) is 48.7 Å². The minimum Gasteiger partial charge on any atom is -0.486 e. The number of nitrogens with zero attached hydrogens (tertiary/aromatic N) is 6. The van der Waals surface area contributed by atoms with Gasteiger partial charge in [-0.2, -0.15) is 10.5 Å². The molecular weight excluding hydrogens is 585 g/mol. The second kappa shape index (κ2) is 13.6. The molecule has 0 radical (unpaired) electrons. The summed E-state index contributed by atoms with van der Waals surface area (Å²) >= 11 is 2.82. The lowest BCUT2D eigenvalue weighted by atomic mass is 10.1. The monoisotopic (exact) mass is 608 g/mol. The van der Waals surface area contributed by atoms with Crippen LogP contribution in [0.25, 0.3) is 22.7 Å². The minimum atomic E-state index is 0.126. The summed E-state index contributed by atoms with van der Waals surface area (Å²) in [6, 6.07) is 23.2. The van der Waals surface area contributed by atoms with Crippen molar-refractivity contribution in [2.24, 2.45) is 0 Å². The van der Waals surface area contributed by atoms with E-state index in [2.05, 4.69) is 32.1 Å². The highest BCUT2D eigenvalue weighted by atomic mass is 32.2. The molecule has 1 aliphatic rings. The van der Waals surface area contributed by atoms with Crippen LogP contribution < -0.4 is 20.9 Å². The Bertz CT molecular complexity index is 1820. The molecule has 214 valence electrons. The molecule has 4 N–H and O–H groups in total. The summed E-state index contributed by atoms with van der Waals surface area (Å²) in [6.07, 6.45) is 3.38. The Morgan fingerprint density at radius 2 is 1.47 bits per heavy atom. The minimum absolute atomic E-state index is 0.126. The summed E-state index contributed by atoms with van der Waals surface area (Å²) in [5.74, 6) is 2.81. The van der Waals surface area contributed by atoms with Crippen LogP contribution in [0.2, 0.25) is 0 Å². The van der Waals surface area contributed by atoms with Crippen molar-refractivity contribution in [3.63, 3.8) is 0 Å². The molecule has 0 saturated heterocycles. The zero-order chi connectivity index (χ0) is 30.2. The number of thioether (sulfide) groups is 2. The fraction of sp³-hybridized carbons (Fsp3) is 0.133. The number of fused-ring (bicyclic) bond motifs is 1. The Morgan fingerprint density at radius 1 is 0.791 bits per heavy atom. The second-order valence-corrected chi connectivity index (χ2v) is 10.5. The number of nitrogen functional groups attached to an aromatic ring is 2. The first-order valence-corrected chi connectivity index (χ1v) is 15.0. The van der Waals surface area contributed by atoms with Gasteiger partial charge in [-0.1, -0.05) is 30.3 Å². The Hall–Kier alpha value is -5.24. The van der Waals surface area contributed by atoms with Crippen LogP contribution in [0.4, 0.5) is 11.9 Å². The van der Waals surface area contributed by atoms with Crippen molar-refractivity contribution in [3.8, 4) is 46.3 Å². The number of furan rings is 1. The highest BCUT2D eigenvalue weighted by Crippen LogP contribution is 2.36. The average molecular weight is 609 g/mol. The molecule has 0 fully saturated rings. The molecular formula is C30H24N8O3S2. The van der Waals surface area contributed by atoms with Crippen LogP contribution in [-0.2, 0) is 5.75 Å². The van der Waals surface area contributed by atoms with Crippen molar-refractivity contribution in [1.29, 1.82) is 10.5 Å². The molecule has 43 heavy (non-hydrogen) atoms. The fourth-order valence-corrected chi connectivity index (χ4v) is 5.56. The van der Waals surface area contributed by atoms with Crippen LogP contribution in [0.15, 0.2) is 81.4 Å². The van der Waals surface area contributed by atoms with E-state index in [9.17, 15) is 10.5 Å². The number of rotatable bonds is 6. The Labute approximate surface area is 255 Å². The van der Waals surface area contributed by atoms with E-state index in [0.717, 1.165) is 11.1 Å². The maximum Gasteiger partial charge on any atom is 0.221 e. The summed E-state index contributed by atoms with van der Waals surface area (Å²) in [5.41, 5.74) is 15.1. The van der Waals surface area contributed by atoms with Crippen molar-refractivity contribution in [1.82, 2.24) is 19.9 Å². The van der Waals surface area contributed by atoms with Gasteiger partial charge >= 0.3 is 0 Å². The van der Waals surface area contributed by atoms with Gasteiger partial charge in [0.25, 0.3) is 0 Å². The van der Waals surface area contributed by atoms with Gasteiger partial charge in [-0.3, -0.25) is 0 Å². The predicted molar refractivity (Wildman–Crippen MR) is 164 cm³/mol. The van der Waals surface area contributed by atoms with Gasteiger partial charge in [-0.25, -0.2) is 19.9 Å². The van der Waals surface area contributed by atoms with Crippen LogP contribution in [0.5, 0.6) is 11.5 Å². The molecule has 0 aliphatic carbocycles. The highest BCUT2D eigenvalue weighted by Gasteiger charge is 2.19. The number of anilines is 2. The number of hydrogen-bond acceptors (Lipinski definition) is 13. The van der Waals surface area contributed by atoms with Gasteiger partial charge in [-0.05, 0) is 42.2 Å². The zero-order valence-corrected chi connectivity index (χ0v) is 24.5. The molecule has 0 bridgehead atoms. The van der Waals surface area contributed by atoms with Crippen molar-refractivity contribution in [2.75, 3.05) is 30.9 Å². The lowest BCUT2D eigenvalue weighted by Gasteiger charge is -2.19. The smallest absolute Gasteiger partial charge is 0.221 e. The van der Waals surface area contributed by atoms with Crippen LogP contribution in [0, 0.1) is 22.7 Å². The summed E-state index contributed by atoms with van der Waals surface area (Å²) < 4.78 is 16.4. The molecule has 13 heteroatoms. The molecule has 1 aliphatic heterocycles. The van der Waals surface area contributed by atoms with E-state index in [1.54, 1.807) is 18.2 Å². The topological polar surface area (TPSA) is 183 Å². The first-order chi connectivity index (χ1) is 21.0. The van der Waals surface area contributed by atoms with Gasteiger partial charge in [0.2, 0.25) is 11.9 Å². The summed E-state index contributed by atoms with van der Waals surface area (Å²) in [4.78, 5) is 16.6. The molecule has 0 atom stereocenters. The summed E-state index contributed by atoms with van der Waals surface area (Å²) in [7, 11) is 0. The zero-order valence-electron chi connectivity index (χ0n) is 22.9. The van der Waals surface area contributed by atoms with Crippen molar-refractivity contribution in [3.05, 3.63) is 83.6 Å². The van der Waals surface area contributed by atoms with E-state index in [1.165, 1.54) is 29.8 Å². The lowest BCUT2D eigenvalue weighted by Crippen LogP contribution is -2.15. The van der Waals surface area contributed by atoms with Crippen LogP contribution in [-0.4, -0.2) is 39.4 Å². The SMILES string of the molecule is CSc1nc(N)nc(-c2ccc3c(c2)OCCO3)c1C#N.N#Cc1c(SCc2ccccc2)nc(N)nc1-c1ccco1. The van der Waals surface area contributed by atoms with E-state index in [0.29, 0.717) is 68.8 Å². The van der Waals surface area contributed by atoms with Gasteiger partial charge in [0.15, 0.2) is 17.3 Å². The van der Waals surface area contributed by atoms with Crippen LogP contribution >= 0.6 is 23.5 Å². The number of benzene rings is 2. The van der Waals surface area contributed by atoms with E-state index in [-0.39, 0.29) is 11.9 Å². The molecule has 0 saturated carbocycles. The molecule has 2 aromatic carbocycles. The van der Waals surface area contributed by atoms with E-state index < -0.39 is 0 Å². The van der Waals surface area contributed by atoms with Crippen LogP contribution in [0.1, 0.15) is 16.7 Å². The third kappa shape index (κ3) is 6.81. The molecule has 0 amide bonds. The maximum absolute atomic E-state index is 9.46. The van der Waals surface area contributed by atoms with Gasteiger partial charge in [0.05, 0.1) is 12.0 Å². The molecule has 0 spiro atoms. The number of nitriles is 2. The number of ether oxygens (including phenoxy) is 2. The maximum atomic E-state index is 9.46. The third-order valence-corrected chi connectivity index (χ3v) is 7.72.